The lowest BCUT2D eigenvalue weighted by atomic mass is 9.95. The van der Waals surface area contributed by atoms with Crippen LogP contribution in [0.5, 0.6) is 0 Å². The molecule has 3 saturated heterocycles. The maximum absolute atomic E-state index is 12.6. The van der Waals surface area contributed by atoms with Crippen LogP contribution in [0.4, 0.5) is 10.7 Å². The molecule has 1 spiro atoms. The van der Waals surface area contributed by atoms with Crippen molar-refractivity contribution in [2.75, 3.05) is 57.4 Å². The molecule has 3 aliphatic rings. The van der Waals surface area contributed by atoms with E-state index in [1.807, 2.05) is 35.4 Å². The van der Waals surface area contributed by atoms with Gasteiger partial charge >= 0.3 is 6.09 Å². The molecule has 0 saturated carbocycles. The van der Waals surface area contributed by atoms with Gasteiger partial charge in [-0.05, 0) is 37.4 Å². The highest BCUT2D eigenvalue weighted by atomic mass is 16.6. The van der Waals surface area contributed by atoms with Gasteiger partial charge in [-0.1, -0.05) is 30.3 Å². The van der Waals surface area contributed by atoms with E-state index in [0.717, 1.165) is 83.3 Å². The zero-order valence-electron chi connectivity index (χ0n) is 19.2. The molecule has 1 aromatic carbocycles. The molecule has 0 N–H and O–H groups in total. The number of carbonyl (C=O) groups is 1. The van der Waals surface area contributed by atoms with Gasteiger partial charge in [0.25, 0.3) is 0 Å². The molecule has 33 heavy (non-hydrogen) atoms. The molecule has 8 heteroatoms. The first-order chi connectivity index (χ1) is 16.2. The van der Waals surface area contributed by atoms with E-state index in [-0.39, 0.29) is 11.7 Å². The number of rotatable bonds is 6. The number of anilines is 1. The van der Waals surface area contributed by atoms with Crippen LogP contribution in [0, 0.1) is 0 Å². The van der Waals surface area contributed by atoms with Crippen molar-refractivity contribution in [1.82, 2.24) is 19.8 Å². The van der Waals surface area contributed by atoms with Crippen LogP contribution < -0.4 is 4.90 Å². The van der Waals surface area contributed by atoms with Crippen molar-refractivity contribution in [2.45, 2.75) is 37.8 Å². The summed E-state index contributed by atoms with van der Waals surface area (Å²) in [5.41, 5.74) is 1.93. The van der Waals surface area contributed by atoms with E-state index in [1.54, 1.807) is 0 Å². The Kier molecular flexibility index (Phi) is 6.73. The van der Waals surface area contributed by atoms with Crippen LogP contribution in [-0.4, -0.2) is 83.9 Å². The van der Waals surface area contributed by atoms with Crippen LogP contribution in [0.25, 0.3) is 0 Å². The standard InChI is InChI=1S/C25H33N5O3/c31-24-30(13-8-21-5-2-1-3-6-21)20-25(33-24)9-4-12-28(14-10-25)19-22-7-11-26-23(27-22)29-15-17-32-18-16-29/h1-3,5-7,11H,4,8-10,12-20H2/t25-/m0/s1. The van der Waals surface area contributed by atoms with Crippen LogP contribution in [0.15, 0.2) is 42.6 Å². The summed E-state index contributed by atoms with van der Waals surface area (Å²) in [6, 6.07) is 12.3. The van der Waals surface area contributed by atoms with Gasteiger partial charge < -0.3 is 19.3 Å². The van der Waals surface area contributed by atoms with Crippen molar-refractivity contribution in [3.63, 3.8) is 0 Å². The van der Waals surface area contributed by atoms with Crippen LogP contribution in [-0.2, 0) is 22.4 Å². The molecule has 0 aliphatic carbocycles. The van der Waals surface area contributed by atoms with Gasteiger partial charge in [-0.25, -0.2) is 14.8 Å². The monoisotopic (exact) mass is 451 g/mol. The van der Waals surface area contributed by atoms with E-state index in [4.69, 9.17) is 14.5 Å². The fraction of sp³-hybridized carbons (Fsp3) is 0.560. The summed E-state index contributed by atoms with van der Waals surface area (Å²) in [7, 11) is 0. The van der Waals surface area contributed by atoms with E-state index in [9.17, 15) is 4.79 Å². The SMILES string of the molecule is O=C1O[C@]2(CCCN(Cc3ccnc(N4CCOCC4)n3)CC2)CN1CCc1ccccc1. The average molecular weight is 452 g/mol. The molecule has 8 nitrogen and oxygen atoms in total. The second kappa shape index (κ2) is 10.1. The number of benzene rings is 1. The third-order valence-corrected chi connectivity index (χ3v) is 6.92. The van der Waals surface area contributed by atoms with Crippen molar-refractivity contribution in [1.29, 1.82) is 0 Å². The first-order valence-electron chi connectivity index (χ1n) is 12.1. The Morgan fingerprint density at radius 1 is 1.00 bits per heavy atom. The van der Waals surface area contributed by atoms with Gasteiger partial charge in [0.2, 0.25) is 5.95 Å². The molecular formula is C25H33N5O3. The summed E-state index contributed by atoms with van der Waals surface area (Å²) in [4.78, 5) is 28.4. The molecule has 3 fully saturated rings. The average Bonchev–Trinajstić information content (AvgIpc) is 3.04. The maximum atomic E-state index is 12.6. The molecule has 1 atom stereocenters. The second-order valence-corrected chi connectivity index (χ2v) is 9.29. The van der Waals surface area contributed by atoms with E-state index in [0.29, 0.717) is 13.1 Å². The number of hydrogen-bond donors (Lipinski definition) is 0. The minimum Gasteiger partial charge on any atom is -0.441 e. The smallest absolute Gasteiger partial charge is 0.410 e. The summed E-state index contributed by atoms with van der Waals surface area (Å²) in [5.74, 6) is 0.792. The lowest BCUT2D eigenvalue weighted by molar-refractivity contribution is 0.0442. The van der Waals surface area contributed by atoms with Gasteiger partial charge in [-0.2, -0.15) is 0 Å². The molecule has 1 amide bonds. The Morgan fingerprint density at radius 2 is 1.85 bits per heavy atom. The summed E-state index contributed by atoms with van der Waals surface area (Å²) < 4.78 is 11.4. The lowest BCUT2D eigenvalue weighted by Crippen LogP contribution is -2.37. The molecular weight excluding hydrogens is 418 g/mol. The minimum atomic E-state index is -0.354. The third-order valence-electron chi connectivity index (χ3n) is 6.92. The fourth-order valence-corrected chi connectivity index (χ4v) is 5.03. The second-order valence-electron chi connectivity index (χ2n) is 9.29. The normalized spacial score (nSPS) is 24.2. The van der Waals surface area contributed by atoms with Crippen molar-refractivity contribution < 1.29 is 14.3 Å². The Hall–Kier alpha value is -2.71. The zero-order chi connectivity index (χ0) is 22.5. The first kappa shape index (κ1) is 22.1. The van der Waals surface area contributed by atoms with E-state index in [2.05, 4.69) is 26.9 Å². The molecule has 0 unspecified atom stereocenters. The van der Waals surface area contributed by atoms with Gasteiger partial charge in [0.05, 0.1) is 25.5 Å². The minimum absolute atomic E-state index is 0.162. The van der Waals surface area contributed by atoms with Crippen LogP contribution in [0.3, 0.4) is 0 Å². The van der Waals surface area contributed by atoms with Gasteiger partial charge in [0.1, 0.15) is 5.60 Å². The highest BCUT2D eigenvalue weighted by Gasteiger charge is 2.45. The number of ether oxygens (including phenoxy) is 2. The molecule has 0 bridgehead atoms. The van der Waals surface area contributed by atoms with Crippen molar-refractivity contribution in [2.24, 2.45) is 0 Å². The number of carbonyl (C=O) groups excluding carboxylic acids is 1. The van der Waals surface area contributed by atoms with E-state index in [1.165, 1.54) is 5.56 Å². The summed E-state index contributed by atoms with van der Waals surface area (Å²) >= 11 is 0. The summed E-state index contributed by atoms with van der Waals surface area (Å²) in [5, 5.41) is 0. The molecule has 1 aromatic heterocycles. The number of hydrogen-bond acceptors (Lipinski definition) is 7. The number of aromatic nitrogens is 2. The maximum Gasteiger partial charge on any atom is 0.410 e. The Labute approximate surface area is 195 Å². The van der Waals surface area contributed by atoms with E-state index < -0.39 is 0 Å². The number of morpholine rings is 1. The van der Waals surface area contributed by atoms with Crippen LogP contribution >= 0.6 is 0 Å². The van der Waals surface area contributed by atoms with Crippen LogP contribution in [0.2, 0.25) is 0 Å². The molecule has 3 aliphatic heterocycles. The number of amides is 1. The van der Waals surface area contributed by atoms with Gasteiger partial charge in [-0.3, -0.25) is 4.90 Å². The number of nitrogens with zero attached hydrogens (tertiary/aromatic N) is 5. The third kappa shape index (κ3) is 5.45. The quantitative estimate of drug-likeness (QED) is 0.669. The summed E-state index contributed by atoms with van der Waals surface area (Å²) in [6.45, 7) is 7.20. The first-order valence-corrected chi connectivity index (χ1v) is 12.1. The predicted octanol–water partition coefficient (Wildman–Crippen LogP) is 2.73. The highest BCUT2D eigenvalue weighted by Crippen LogP contribution is 2.33. The zero-order valence-corrected chi connectivity index (χ0v) is 19.2. The van der Waals surface area contributed by atoms with Gasteiger partial charge in [-0.15, -0.1) is 0 Å². The Balaban J connectivity index is 1.16. The molecule has 0 radical (unpaired) electrons. The highest BCUT2D eigenvalue weighted by molar-refractivity contribution is 5.70. The van der Waals surface area contributed by atoms with Crippen molar-refractivity contribution in [3.8, 4) is 0 Å². The number of likely N-dealkylation sites (tertiary alicyclic amines) is 1. The van der Waals surface area contributed by atoms with Gasteiger partial charge in [0.15, 0.2) is 0 Å². The van der Waals surface area contributed by atoms with Crippen molar-refractivity contribution >= 4 is 12.0 Å². The van der Waals surface area contributed by atoms with E-state index >= 15 is 0 Å². The van der Waals surface area contributed by atoms with Gasteiger partial charge in [0, 0.05) is 45.3 Å². The molecule has 176 valence electrons. The molecule has 4 heterocycles. The molecule has 5 rings (SSSR count). The van der Waals surface area contributed by atoms with Crippen molar-refractivity contribution in [3.05, 3.63) is 53.9 Å². The topological polar surface area (TPSA) is 71.0 Å². The lowest BCUT2D eigenvalue weighted by Gasteiger charge is -2.27. The van der Waals surface area contributed by atoms with Crippen LogP contribution in [0.1, 0.15) is 30.5 Å². The Morgan fingerprint density at radius 3 is 2.70 bits per heavy atom. The Bertz CT molecular complexity index is 937. The predicted molar refractivity (Wildman–Crippen MR) is 125 cm³/mol. The largest absolute Gasteiger partial charge is 0.441 e. The fourth-order valence-electron chi connectivity index (χ4n) is 5.03. The summed E-state index contributed by atoms with van der Waals surface area (Å²) in [6.07, 6.45) is 5.35. The molecule has 2 aromatic rings.